The van der Waals surface area contributed by atoms with E-state index < -0.39 is 17.9 Å². The van der Waals surface area contributed by atoms with Crippen molar-refractivity contribution in [1.29, 1.82) is 0 Å². The number of carbonyl (C=O) groups is 2. The Morgan fingerprint density at radius 1 is 1.00 bits per heavy atom. The van der Waals surface area contributed by atoms with Crippen molar-refractivity contribution in [2.45, 2.75) is 33.1 Å². The Balaban J connectivity index is 1.79. The number of ether oxygens (including phenoxy) is 1. The van der Waals surface area contributed by atoms with Crippen molar-refractivity contribution >= 4 is 11.9 Å². The number of fused-ring (bicyclic) bond motifs is 3. The molecule has 1 unspecified atom stereocenters. The van der Waals surface area contributed by atoms with Crippen LogP contribution in [0.3, 0.4) is 0 Å². The molecule has 1 aliphatic carbocycles. The number of hydrogen-bond donors (Lipinski definition) is 1. The number of carboxylic acid groups (broad SMARTS) is 1. The molecule has 1 atom stereocenters. The fourth-order valence-corrected chi connectivity index (χ4v) is 3.59. The van der Waals surface area contributed by atoms with Gasteiger partial charge in [0.15, 0.2) is 5.92 Å². The highest BCUT2D eigenvalue weighted by Crippen LogP contribution is 2.44. The monoisotopic (exact) mass is 352 g/mol. The maximum absolute atomic E-state index is 12.4. The van der Waals surface area contributed by atoms with Crippen LogP contribution >= 0.6 is 0 Å². The van der Waals surface area contributed by atoms with Gasteiger partial charge in [0.05, 0.1) is 0 Å². The molecule has 0 amide bonds. The number of rotatable bonds is 5. The van der Waals surface area contributed by atoms with E-state index in [1.54, 1.807) is 0 Å². The Morgan fingerprint density at radius 3 is 1.96 bits per heavy atom. The zero-order chi connectivity index (χ0) is 18.9. The van der Waals surface area contributed by atoms with E-state index in [0.29, 0.717) is 0 Å². The minimum atomic E-state index is -1.14. The SMILES string of the molecule is CC(C)(C)CC(C(=O)O)C(=O)OCC1c2ccccc2-c2ccccc21. The van der Waals surface area contributed by atoms with E-state index in [2.05, 4.69) is 12.1 Å². The third-order valence-electron chi connectivity index (χ3n) is 4.75. The second kappa shape index (κ2) is 6.94. The van der Waals surface area contributed by atoms with Gasteiger partial charge in [-0.25, -0.2) is 0 Å². The van der Waals surface area contributed by atoms with Crippen molar-refractivity contribution in [2.75, 3.05) is 6.61 Å². The van der Waals surface area contributed by atoms with Crippen LogP contribution in [0.5, 0.6) is 0 Å². The molecule has 0 radical (unpaired) electrons. The number of esters is 1. The highest BCUT2D eigenvalue weighted by atomic mass is 16.5. The molecular weight excluding hydrogens is 328 g/mol. The second-order valence-electron chi connectivity index (χ2n) is 8.01. The number of hydrogen-bond acceptors (Lipinski definition) is 3. The summed E-state index contributed by atoms with van der Waals surface area (Å²) in [5.41, 5.74) is 4.25. The smallest absolute Gasteiger partial charge is 0.320 e. The van der Waals surface area contributed by atoms with Gasteiger partial charge >= 0.3 is 11.9 Å². The molecule has 0 aromatic heterocycles. The fraction of sp³-hybridized carbons (Fsp3) is 0.364. The summed E-state index contributed by atoms with van der Waals surface area (Å²) in [6.45, 7) is 5.90. The summed E-state index contributed by atoms with van der Waals surface area (Å²) in [6.07, 6.45) is 0.249. The van der Waals surface area contributed by atoms with Crippen molar-refractivity contribution in [3.05, 3.63) is 59.7 Å². The molecule has 0 aliphatic heterocycles. The quantitative estimate of drug-likeness (QED) is 0.636. The molecule has 0 bridgehead atoms. The summed E-state index contributed by atoms with van der Waals surface area (Å²) >= 11 is 0. The Labute approximate surface area is 153 Å². The Bertz CT molecular complexity index is 787. The fourth-order valence-electron chi connectivity index (χ4n) is 3.59. The summed E-state index contributed by atoms with van der Waals surface area (Å²) in [5.74, 6) is -2.98. The third kappa shape index (κ3) is 3.64. The predicted molar refractivity (Wildman–Crippen MR) is 99.9 cm³/mol. The van der Waals surface area contributed by atoms with E-state index in [0.717, 1.165) is 22.3 Å². The molecule has 26 heavy (non-hydrogen) atoms. The third-order valence-corrected chi connectivity index (χ3v) is 4.75. The average Bonchev–Trinajstić information content (AvgIpc) is 2.91. The Morgan fingerprint density at radius 2 is 1.50 bits per heavy atom. The van der Waals surface area contributed by atoms with Gasteiger partial charge in [0, 0.05) is 5.92 Å². The molecular formula is C22H24O4. The van der Waals surface area contributed by atoms with Gasteiger partial charge in [-0.2, -0.15) is 0 Å². The molecule has 2 aromatic rings. The molecule has 2 aromatic carbocycles. The molecule has 136 valence electrons. The molecule has 0 saturated heterocycles. The highest BCUT2D eigenvalue weighted by molar-refractivity contribution is 5.94. The number of carbonyl (C=O) groups excluding carboxylic acids is 1. The van der Waals surface area contributed by atoms with E-state index >= 15 is 0 Å². The first-order valence-electron chi connectivity index (χ1n) is 8.85. The number of benzene rings is 2. The predicted octanol–water partition coefficient (Wildman–Crippen LogP) is 4.48. The molecule has 4 nitrogen and oxygen atoms in total. The van der Waals surface area contributed by atoms with Crippen molar-refractivity contribution < 1.29 is 19.4 Å². The van der Waals surface area contributed by atoms with Gasteiger partial charge in [0.2, 0.25) is 0 Å². The largest absolute Gasteiger partial charge is 0.481 e. The lowest BCUT2D eigenvalue weighted by atomic mass is 9.84. The number of aliphatic carboxylic acids is 1. The molecule has 3 rings (SSSR count). The first kappa shape index (κ1) is 18.2. The van der Waals surface area contributed by atoms with Gasteiger partial charge in [0.25, 0.3) is 0 Å². The highest BCUT2D eigenvalue weighted by Gasteiger charge is 2.34. The zero-order valence-electron chi connectivity index (χ0n) is 15.4. The molecule has 4 heteroatoms. The first-order valence-corrected chi connectivity index (χ1v) is 8.85. The van der Waals surface area contributed by atoms with E-state index in [1.165, 1.54) is 0 Å². The van der Waals surface area contributed by atoms with Crippen LogP contribution in [0.25, 0.3) is 11.1 Å². The van der Waals surface area contributed by atoms with Gasteiger partial charge in [-0.15, -0.1) is 0 Å². The Hall–Kier alpha value is -2.62. The molecule has 0 fully saturated rings. The minimum Gasteiger partial charge on any atom is -0.481 e. The molecule has 0 saturated carbocycles. The van der Waals surface area contributed by atoms with Crippen LogP contribution in [0.2, 0.25) is 0 Å². The Kier molecular flexibility index (Phi) is 4.86. The van der Waals surface area contributed by atoms with Crippen LogP contribution in [-0.2, 0) is 14.3 Å². The maximum Gasteiger partial charge on any atom is 0.320 e. The van der Waals surface area contributed by atoms with Crippen molar-refractivity contribution in [3.8, 4) is 11.1 Å². The van der Waals surface area contributed by atoms with Crippen LogP contribution < -0.4 is 0 Å². The van der Waals surface area contributed by atoms with Crippen LogP contribution in [0.4, 0.5) is 0 Å². The zero-order valence-corrected chi connectivity index (χ0v) is 15.4. The summed E-state index contributed by atoms with van der Waals surface area (Å²) < 4.78 is 5.49. The van der Waals surface area contributed by atoms with E-state index in [-0.39, 0.29) is 24.4 Å². The first-order chi connectivity index (χ1) is 12.3. The van der Waals surface area contributed by atoms with Gasteiger partial charge in [-0.05, 0) is 34.1 Å². The van der Waals surface area contributed by atoms with Gasteiger partial charge in [0.1, 0.15) is 6.61 Å². The van der Waals surface area contributed by atoms with E-state index in [4.69, 9.17) is 4.74 Å². The van der Waals surface area contributed by atoms with E-state index in [9.17, 15) is 14.7 Å². The maximum atomic E-state index is 12.4. The summed E-state index contributed by atoms with van der Waals surface area (Å²) in [7, 11) is 0. The van der Waals surface area contributed by atoms with Gasteiger partial charge in [-0.3, -0.25) is 9.59 Å². The van der Waals surface area contributed by atoms with Crippen LogP contribution in [-0.4, -0.2) is 23.7 Å². The van der Waals surface area contributed by atoms with Gasteiger partial charge in [-0.1, -0.05) is 69.3 Å². The van der Waals surface area contributed by atoms with Crippen molar-refractivity contribution in [2.24, 2.45) is 11.3 Å². The lowest BCUT2D eigenvalue weighted by Crippen LogP contribution is -2.30. The average molecular weight is 352 g/mol. The van der Waals surface area contributed by atoms with Crippen LogP contribution in [0.15, 0.2) is 48.5 Å². The van der Waals surface area contributed by atoms with Crippen molar-refractivity contribution in [1.82, 2.24) is 0 Å². The minimum absolute atomic E-state index is 0.0598. The number of carboxylic acids is 1. The lowest BCUT2D eigenvalue weighted by Gasteiger charge is -2.23. The summed E-state index contributed by atoms with van der Waals surface area (Å²) in [5, 5.41) is 9.41. The topological polar surface area (TPSA) is 63.6 Å². The normalized spacial score (nSPS) is 14.4. The standard InChI is InChI=1S/C22H24O4/c1-22(2,3)12-18(20(23)24)21(25)26-13-19-16-10-6-4-8-14(16)15-9-5-7-11-17(15)19/h4-11,18-19H,12-13H2,1-3H3,(H,23,24). The van der Waals surface area contributed by atoms with Gasteiger partial charge < -0.3 is 9.84 Å². The second-order valence-corrected chi connectivity index (χ2v) is 8.01. The molecule has 0 heterocycles. The molecule has 1 N–H and O–H groups in total. The molecule has 1 aliphatic rings. The van der Waals surface area contributed by atoms with E-state index in [1.807, 2.05) is 57.2 Å². The van der Waals surface area contributed by atoms with Crippen LogP contribution in [0, 0.1) is 11.3 Å². The summed E-state index contributed by atoms with van der Waals surface area (Å²) in [6, 6.07) is 16.1. The molecule has 0 spiro atoms. The van der Waals surface area contributed by atoms with Crippen molar-refractivity contribution in [3.63, 3.8) is 0 Å². The lowest BCUT2D eigenvalue weighted by molar-refractivity contribution is -0.160. The van der Waals surface area contributed by atoms with Crippen LogP contribution in [0.1, 0.15) is 44.2 Å². The summed E-state index contributed by atoms with van der Waals surface area (Å²) in [4.78, 5) is 24.0.